The van der Waals surface area contributed by atoms with Crippen LogP contribution in [-0.4, -0.2) is 18.4 Å². The Kier molecular flexibility index (Phi) is 7.18. The molecule has 5 heteroatoms. The highest BCUT2D eigenvalue weighted by Gasteiger charge is 2.08. The first-order chi connectivity index (χ1) is 6.59. The van der Waals surface area contributed by atoms with Crippen molar-refractivity contribution < 1.29 is 4.79 Å². The smallest absolute Gasteiger partial charge is 0.174 e. The molecule has 0 atom stereocenters. The molecule has 0 saturated carbocycles. The van der Waals surface area contributed by atoms with Gasteiger partial charge in [0.05, 0.1) is 9.21 Å². The Hall–Kier alpha value is -0.0900. The van der Waals surface area contributed by atoms with Crippen LogP contribution in [0.1, 0.15) is 29.9 Å². The molecule has 0 aromatic carbocycles. The van der Waals surface area contributed by atoms with Crippen molar-refractivity contribution >= 4 is 41.1 Å². The molecule has 0 spiro atoms. The van der Waals surface area contributed by atoms with E-state index in [2.05, 4.69) is 19.2 Å². The van der Waals surface area contributed by atoms with E-state index in [1.54, 1.807) is 12.1 Å². The number of hydrogen-bond donors (Lipinski definition) is 1. The second-order valence-electron chi connectivity index (χ2n) is 3.39. The van der Waals surface area contributed by atoms with E-state index in [-0.39, 0.29) is 18.2 Å². The lowest BCUT2D eigenvalue weighted by Gasteiger charge is -2.05. The predicted molar refractivity (Wildman–Crippen MR) is 68.7 cm³/mol. The summed E-state index contributed by atoms with van der Waals surface area (Å²) in [5.74, 6) is 0.162. The van der Waals surface area contributed by atoms with Crippen molar-refractivity contribution in [1.29, 1.82) is 0 Å². The molecule has 0 aliphatic rings. The molecule has 1 N–H and O–H groups in total. The quantitative estimate of drug-likeness (QED) is 0.829. The molecule has 0 amide bonds. The number of hydrogen-bond acceptors (Lipinski definition) is 3. The van der Waals surface area contributed by atoms with Gasteiger partial charge < -0.3 is 5.32 Å². The van der Waals surface area contributed by atoms with Gasteiger partial charge >= 0.3 is 0 Å². The van der Waals surface area contributed by atoms with E-state index in [1.165, 1.54) is 11.3 Å². The molecule has 1 aromatic heterocycles. The van der Waals surface area contributed by atoms with Crippen molar-refractivity contribution in [2.45, 2.75) is 26.3 Å². The van der Waals surface area contributed by atoms with Gasteiger partial charge in [-0.1, -0.05) is 25.4 Å². The molecule has 0 bridgehead atoms. The van der Waals surface area contributed by atoms with Crippen LogP contribution in [0, 0.1) is 0 Å². The van der Waals surface area contributed by atoms with Crippen molar-refractivity contribution in [3.63, 3.8) is 0 Å². The number of thiophene rings is 1. The van der Waals surface area contributed by atoms with E-state index < -0.39 is 0 Å². The fourth-order valence-corrected chi connectivity index (χ4v) is 2.07. The van der Waals surface area contributed by atoms with E-state index in [9.17, 15) is 4.79 Å². The SMILES string of the molecule is CC(C)NCCC(=O)c1ccc(Cl)s1.Cl. The summed E-state index contributed by atoms with van der Waals surface area (Å²) in [6.07, 6.45) is 0.537. The second kappa shape index (κ2) is 7.23. The number of ketones is 1. The number of halogens is 2. The third-order valence-electron chi connectivity index (χ3n) is 1.75. The topological polar surface area (TPSA) is 29.1 Å². The van der Waals surface area contributed by atoms with Crippen molar-refractivity contribution in [1.82, 2.24) is 5.32 Å². The first kappa shape index (κ1) is 14.9. The van der Waals surface area contributed by atoms with Gasteiger partial charge in [-0.3, -0.25) is 4.79 Å². The summed E-state index contributed by atoms with van der Waals surface area (Å²) < 4.78 is 0.671. The molecule has 0 saturated heterocycles. The van der Waals surface area contributed by atoms with Crippen LogP contribution in [-0.2, 0) is 0 Å². The van der Waals surface area contributed by atoms with Crippen LogP contribution in [0.15, 0.2) is 12.1 Å². The molecule has 1 aromatic rings. The zero-order valence-electron chi connectivity index (χ0n) is 8.75. The first-order valence-electron chi connectivity index (χ1n) is 4.61. The van der Waals surface area contributed by atoms with Crippen molar-refractivity contribution in [2.75, 3.05) is 6.54 Å². The largest absolute Gasteiger partial charge is 0.314 e. The monoisotopic (exact) mass is 267 g/mol. The van der Waals surface area contributed by atoms with Gasteiger partial charge in [0, 0.05) is 19.0 Å². The van der Waals surface area contributed by atoms with Crippen LogP contribution >= 0.6 is 35.3 Å². The van der Waals surface area contributed by atoms with E-state index in [1.807, 2.05) is 0 Å². The summed E-state index contributed by atoms with van der Waals surface area (Å²) in [4.78, 5) is 12.3. The summed E-state index contributed by atoms with van der Waals surface area (Å²) >= 11 is 7.08. The molecule has 1 heterocycles. The van der Waals surface area contributed by atoms with Gasteiger partial charge in [0.1, 0.15) is 0 Å². The van der Waals surface area contributed by atoms with Gasteiger partial charge in [0.15, 0.2) is 5.78 Å². The summed E-state index contributed by atoms with van der Waals surface area (Å²) in [5.41, 5.74) is 0. The lowest BCUT2D eigenvalue weighted by Crippen LogP contribution is -2.25. The normalized spacial score (nSPS) is 10.1. The number of carbonyl (C=O) groups is 1. The zero-order chi connectivity index (χ0) is 10.6. The first-order valence-corrected chi connectivity index (χ1v) is 5.81. The molecular weight excluding hydrogens is 253 g/mol. The van der Waals surface area contributed by atoms with Gasteiger partial charge in [0.25, 0.3) is 0 Å². The molecule has 0 radical (unpaired) electrons. The maximum atomic E-state index is 11.6. The van der Waals surface area contributed by atoms with E-state index in [0.29, 0.717) is 16.8 Å². The minimum Gasteiger partial charge on any atom is -0.314 e. The fourth-order valence-electron chi connectivity index (χ4n) is 1.06. The average Bonchev–Trinajstić information content (AvgIpc) is 2.51. The molecule has 2 nitrogen and oxygen atoms in total. The third kappa shape index (κ3) is 5.52. The van der Waals surface area contributed by atoms with E-state index in [4.69, 9.17) is 11.6 Å². The Morgan fingerprint density at radius 1 is 1.53 bits per heavy atom. The van der Waals surface area contributed by atoms with Crippen LogP contribution < -0.4 is 5.32 Å². The molecule has 86 valence electrons. The summed E-state index contributed by atoms with van der Waals surface area (Å²) in [7, 11) is 0. The summed E-state index contributed by atoms with van der Waals surface area (Å²) in [6.45, 7) is 4.85. The minimum absolute atomic E-state index is 0. The minimum atomic E-state index is 0. The fraction of sp³-hybridized carbons (Fsp3) is 0.500. The standard InChI is InChI=1S/C10H14ClNOS.ClH/c1-7(2)12-6-5-8(13)9-3-4-10(11)14-9;/h3-4,7,12H,5-6H2,1-2H3;1H. The molecule has 0 unspecified atom stereocenters. The summed E-state index contributed by atoms with van der Waals surface area (Å²) in [6, 6.07) is 3.97. The highest BCUT2D eigenvalue weighted by atomic mass is 35.5. The van der Waals surface area contributed by atoms with Gasteiger partial charge in [-0.15, -0.1) is 23.7 Å². The van der Waals surface area contributed by atoms with E-state index >= 15 is 0 Å². The molecule has 0 aliphatic heterocycles. The number of rotatable bonds is 5. The molecule has 1 rings (SSSR count). The number of nitrogens with one attached hydrogen (secondary N) is 1. The molecule has 0 aliphatic carbocycles. The number of Topliss-reactive ketones (excluding diaryl/α,β-unsaturated/α-hetero) is 1. The Labute approximate surface area is 105 Å². The van der Waals surface area contributed by atoms with Crippen LogP contribution in [0.5, 0.6) is 0 Å². The van der Waals surface area contributed by atoms with Gasteiger partial charge in [-0.05, 0) is 12.1 Å². The second-order valence-corrected chi connectivity index (χ2v) is 5.10. The maximum absolute atomic E-state index is 11.6. The van der Waals surface area contributed by atoms with Gasteiger partial charge in [0.2, 0.25) is 0 Å². The third-order valence-corrected chi connectivity index (χ3v) is 3.02. The lowest BCUT2D eigenvalue weighted by atomic mass is 10.2. The van der Waals surface area contributed by atoms with Crippen molar-refractivity contribution in [3.8, 4) is 0 Å². The summed E-state index contributed by atoms with van der Waals surface area (Å²) in [5, 5.41) is 3.20. The van der Waals surface area contributed by atoms with Gasteiger partial charge in [-0.2, -0.15) is 0 Å². The highest BCUT2D eigenvalue weighted by Crippen LogP contribution is 2.22. The molecular formula is C10H15Cl2NOS. The Morgan fingerprint density at radius 3 is 2.67 bits per heavy atom. The van der Waals surface area contributed by atoms with Crippen LogP contribution in [0.4, 0.5) is 0 Å². The highest BCUT2D eigenvalue weighted by molar-refractivity contribution is 7.18. The number of carbonyl (C=O) groups excluding carboxylic acids is 1. The van der Waals surface area contributed by atoms with Crippen LogP contribution in [0.3, 0.4) is 0 Å². The molecule has 0 fully saturated rings. The zero-order valence-corrected chi connectivity index (χ0v) is 11.1. The maximum Gasteiger partial charge on any atom is 0.174 e. The van der Waals surface area contributed by atoms with Crippen molar-refractivity contribution in [2.24, 2.45) is 0 Å². The average molecular weight is 268 g/mol. The molecule has 15 heavy (non-hydrogen) atoms. The lowest BCUT2D eigenvalue weighted by molar-refractivity contribution is 0.0986. The Morgan fingerprint density at radius 2 is 2.20 bits per heavy atom. The van der Waals surface area contributed by atoms with Gasteiger partial charge in [-0.25, -0.2) is 0 Å². The van der Waals surface area contributed by atoms with Crippen molar-refractivity contribution in [3.05, 3.63) is 21.3 Å². The Balaban J connectivity index is 0.00000196. The Bertz CT molecular complexity index is 312. The van der Waals surface area contributed by atoms with E-state index in [0.717, 1.165) is 11.4 Å². The predicted octanol–water partition coefficient (Wildman–Crippen LogP) is 3.39. The van der Waals surface area contributed by atoms with Crippen LogP contribution in [0.25, 0.3) is 0 Å². The van der Waals surface area contributed by atoms with Crippen LogP contribution in [0.2, 0.25) is 4.34 Å².